The van der Waals surface area contributed by atoms with Crippen molar-refractivity contribution >= 4 is 23.1 Å². The van der Waals surface area contributed by atoms with Crippen molar-refractivity contribution in [1.82, 2.24) is 4.57 Å². The maximum absolute atomic E-state index is 12.9. The molecule has 1 aromatic heterocycles. The highest BCUT2D eigenvalue weighted by Crippen LogP contribution is 2.36. The smallest absolute Gasteiger partial charge is 0.298 e. The molecule has 144 valence electrons. The van der Waals surface area contributed by atoms with Gasteiger partial charge in [0, 0.05) is 30.5 Å². The number of rotatable bonds is 9. The zero-order valence-corrected chi connectivity index (χ0v) is 15.6. The van der Waals surface area contributed by atoms with Crippen LogP contribution in [0, 0.1) is 10.1 Å². The van der Waals surface area contributed by atoms with E-state index in [4.69, 9.17) is 9.47 Å². The zero-order valence-electron chi connectivity index (χ0n) is 15.6. The summed E-state index contributed by atoms with van der Waals surface area (Å²) in [4.78, 5) is 34.6. The van der Waals surface area contributed by atoms with E-state index in [1.54, 1.807) is 13.0 Å². The summed E-state index contributed by atoms with van der Waals surface area (Å²) in [6, 6.07) is 4.17. The van der Waals surface area contributed by atoms with E-state index in [1.165, 1.54) is 22.8 Å². The number of unbranched alkanes of at least 4 members (excludes halogenated alkanes) is 1. The van der Waals surface area contributed by atoms with Gasteiger partial charge in [0.25, 0.3) is 17.7 Å². The van der Waals surface area contributed by atoms with Crippen LogP contribution in [0.15, 0.2) is 34.8 Å². The molecule has 0 unspecified atom stereocenters. The Bertz CT molecular complexity index is 945. The van der Waals surface area contributed by atoms with Crippen LogP contribution >= 0.6 is 0 Å². The van der Waals surface area contributed by atoms with Gasteiger partial charge in [-0.15, -0.1) is 0 Å². The first kappa shape index (κ1) is 20.2. The van der Waals surface area contributed by atoms with Crippen molar-refractivity contribution in [2.24, 2.45) is 0 Å². The van der Waals surface area contributed by atoms with Gasteiger partial charge in [-0.2, -0.15) is 0 Å². The molecule has 0 atom stereocenters. The van der Waals surface area contributed by atoms with E-state index in [1.807, 2.05) is 13.8 Å². The molecule has 8 heteroatoms. The van der Waals surface area contributed by atoms with Crippen LogP contribution in [-0.2, 0) is 11.3 Å². The van der Waals surface area contributed by atoms with Gasteiger partial charge in [-0.05, 0) is 25.5 Å². The Balaban J connectivity index is 2.88. The van der Waals surface area contributed by atoms with Gasteiger partial charge >= 0.3 is 0 Å². The summed E-state index contributed by atoms with van der Waals surface area (Å²) in [6.45, 7) is 6.15. The van der Waals surface area contributed by atoms with E-state index in [2.05, 4.69) is 0 Å². The SMILES string of the molecule is CC=C(CC)Oc1c(OC=O)c(=O)n(CCCC)c2cc([N+](=O)[O-])ccc12. The maximum atomic E-state index is 12.9. The molecule has 0 saturated heterocycles. The Kier molecular flexibility index (Phi) is 6.70. The average Bonchev–Trinajstić information content (AvgIpc) is 2.67. The number of hydrogen-bond donors (Lipinski definition) is 0. The topological polar surface area (TPSA) is 101 Å². The summed E-state index contributed by atoms with van der Waals surface area (Å²) < 4.78 is 12.2. The van der Waals surface area contributed by atoms with Crippen molar-refractivity contribution in [2.75, 3.05) is 0 Å². The number of allylic oxidation sites excluding steroid dienone is 2. The highest BCUT2D eigenvalue weighted by atomic mass is 16.6. The van der Waals surface area contributed by atoms with Gasteiger partial charge in [0.05, 0.1) is 16.2 Å². The summed E-state index contributed by atoms with van der Waals surface area (Å²) in [5.41, 5.74) is -0.337. The zero-order chi connectivity index (χ0) is 20.0. The number of pyridine rings is 1. The van der Waals surface area contributed by atoms with E-state index < -0.39 is 10.5 Å². The predicted octanol–water partition coefficient (Wildman–Crippen LogP) is 3.94. The fourth-order valence-corrected chi connectivity index (χ4v) is 2.76. The molecule has 0 bridgehead atoms. The van der Waals surface area contributed by atoms with Crippen LogP contribution in [0.3, 0.4) is 0 Å². The summed E-state index contributed by atoms with van der Waals surface area (Å²) in [6.07, 6.45) is 3.81. The highest BCUT2D eigenvalue weighted by molar-refractivity contribution is 5.90. The van der Waals surface area contributed by atoms with Crippen molar-refractivity contribution in [2.45, 2.75) is 46.6 Å². The van der Waals surface area contributed by atoms with Crippen LogP contribution in [0.4, 0.5) is 5.69 Å². The molecule has 0 aliphatic heterocycles. The molecule has 0 amide bonds. The highest BCUT2D eigenvalue weighted by Gasteiger charge is 2.22. The third kappa shape index (κ3) is 4.16. The Morgan fingerprint density at radius 1 is 1.30 bits per heavy atom. The van der Waals surface area contributed by atoms with E-state index >= 15 is 0 Å². The van der Waals surface area contributed by atoms with Gasteiger partial charge in [-0.1, -0.05) is 20.3 Å². The second-order valence-corrected chi connectivity index (χ2v) is 5.85. The van der Waals surface area contributed by atoms with Crippen LogP contribution in [0.5, 0.6) is 11.5 Å². The number of hydrogen-bond acceptors (Lipinski definition) is 6. The second-order valence-electron chi connectivity index (χ2n) is 5.85. The number of nitro groups is 1. The van der Waals surface area contributed by atoms with Crippen molar-refractivity contribution in [3.8, 4) is 11.5 Å². The Morgan fingerprint density at radius 2 is 2.04 bits per heavy atom. The summed E-state index contributed by atoms with van der Waals surface area (Å²) >= 11 is 0. The van der Waals surface area contributed by atoms with Crippen LogP contribution in [0.2, 0.25) is 0 Å². The summed E-state index contributed by atoms with van der Waals surface area (Å²) in [7, 11) is 0. The molecule has 8 nitrogen and oxygen atoms in total. The van der Waals surface area contributed by atoms with E-state index in [-0.39, 0.29) is 23.7 Å². The Hall–Kier alpha value is -3.16. The minimum Gasteiger partial charge on any atom is -0.457 e. The van der Waals surface area contributed by atoms with E-state index in [0.29, 0.717) is 36.0 Å². The standard InChI is InChI=1S/C19H22N2O6/c1-4-7-10-20-16-11-13(21(24)25)8-9-15(16)17(27-14(5-2)6-3)18(19(20)23)26-12-22/h5,8-9,11-12H,4,6-7,10H2,1-3H3. The lowest BCUT2D eigenvalue weighted by atomic mass is 10.1. The monoisotopic (exact) mass is 374 g/mol. The number of carbonyl (C=O) groups is 1. The molecule has 1 aromatic carbocycles. The quantitative estimate of drug-likeness (QED) is 0.285. The molecular weight excluding hydrogens is 352 g/mol. The summed E-state index contributed by atoms with van der Waals surface area (Å²) in [5.74, 6) is 0.436. The van der Waals surface area contributed by atoms with Gasteiger partial charge in [-0.3, -0.25) is 19.7 Å². The number of non-ortho nitro benzene ring substituents is 1. The fraction of sp³-hybridized carbons (Fsp3) is 0.368. The maximum Gasteiger partial charge on any atom is 0.298 e. The number of carbonyl (C=O) groups excluding carboxylic acids is 1. The Labute approximate surface area is 156 Å². The molecule has 0 aliphatic rings. The van der Waals surface area contributed by atoms with Crippen molar-refractivity contribution in [3.63, 3.8) is 0 Å². The lowest BCUT2D eigenvalue weighted by Gasteiger charge is -2.17. The molecule has 0 fully saturated rings. The minimum atomic E-state index is -0.565. The fourth-order valence-electron chi connectivity index (χ4n) is 2.76. The predicted molar refractivity (Wildman–Crippen MR) is 101 cm³/mol. The first-order chi connectivity index (χ1) is 13.0. The van der Waals surface area contributed by atoms with Gasteiger partial charge in [0.1, 0.15) is 0 Å². The molecular formula is C19H22N2O6. The van der Waals surface area contributed by atoms with Crippen molar-refractivity contribution in [3.05, 3.63) is 50.5 Å². The van der Waals surface area contributed by atoms with Gasteiger partial charge in [0.2, 0.25) is 5.75 Å². The van der Waals surface area contributed by atoms with Crippen LogP contribution < -0.4 is 15.0 Å². The molecule has 2 aromatic rings. The van der Waals surface area contributed by atoms with Gasteiger partial charge in [0.15, 0.2) is 5.75 Å². The molecule has 1 heterocycles. The Morgan fingerprint density at radius 3 is 2.59 bits per heavy atom. The van der Waals surface area contributed by atoms with Gasteiger partial charge < -0.3 is 14.0 Å². The molecule has 0 aliphatic carbocycles. The summed E-state index contributed by atoms with van der Waals surface area (Å²) in [5, 5.41) is 11.6. The molecule has 0 spiro atoms. The number of aryl methyl sites for hydroxylation is 1. The third-order valence-electron chi connectivity index (χ3n) is 4.18. The molecule has 27 heavy (non-hydrogen) atoms. The molecule has 0 saturated carbocycles. The lowest BCUT2D eigenvalue weighted by Crippen LogP contribution is -2.23. The number of fused-ring (bicyclic) bond motifs is 1. The normalized spacial score (nSPS) is 11.4. The van der Waals surface area contributed by atoms with Crippen molar-refractivity contribution in [1.29, 1.82) is 0 Å². The van der Waals surface area contributed by atoms with Crippen LogP contribution in [0.1, 0.15) is 40.0 Å². The average molecular weight is 374 g/mol. The number of ether oxygens (including phenoxy) is 2. The molecule has 2 rings (SSSR count). The number of nitro benzene ring substituents is 1. The largest absolute Gasteiger partial charge is 0.457 e. The van der Waals surface area contributed by atoms with Crippen LogP contribution in [0.25, 0.3) is 10.9 Å². The lowest BCUT2D eigenvalue weighted by molar-refractivity contribution is -0.384. The third-order valence-corrected chi connectivity index (χ3v) is 4.18. The van der Waals surface area contributed by atoms with Crippen LogP contribution in [-0.4, -0.2) is 16.0 Å². The molecule has 0 N–H and O–H groups in total. The number of benzene rings is 1. The van der Waals surface area contributed by atoms with Crippen molar-refractivity contribution < 1.29 is 19.2 Å². The number of nitrogens with zero attached hydrogens (tertiary/aromatic N) is 2. The molecule has 0 radical (unpaired) electrons. The minimum absolute atomic E-state index is 0.0831. The second kappa shape index (κ2) is 8.98. The number of aromatic nitrogens is 1. The first-order valence-electron chi connectivity index (χ1n) is 8.76. The van der Waals surface area contributed by atoms with E-state index in [9.17, 15) is 19.7 Å². The van der Waals surface area contributed by atoms with E-state index in [0.717, 1.165) is 6.42 Å². The van der Waals surface area contributed by atoms with Gasteiger partial charge in [-0.25, -0.2) is 0 Å². The first-order valence-corrected chi connectivity index (χ1v) is 8.76.